The summed E-state index contributed by atoms with van der Waals surface area (Å²) in [6.45, 7) is 1.94. The summed E-state index contributed by atoms with van der Waals surface area (Å²) in [6, 6.07) is 13.5. The van der Waals surface area contributed by atoms with E-state index >= 15 is 0 Å². The van der Waals surface area contributed by atoms with Crippen molar-refractivity contribution in [3.05, 3.63) is 54.1 Å². The van der Waals surface area contributed by atoms with Gasteiger partial charge < -0.3 is 10.6 Å². The summed E-state index contributed by atoms with van der Waals surface area (Å²) in [7, 11) is -3.31. The van der Waals surface area contributed by atoms with E-state index in [1.54, 1.807) is 30.3 Å². The maximum atomic E-state index is 11.9. The van der Waals surface area contributed by atoms with Gasteiger partial charge in [0, 0.05) is 17.1 Å². The van der Waals surface area contributed by atoms with Crippen molar-refractivity contribution >= 4 is 33.1 Å². The van der Waals surface area contributed by atoms with Crippen molar-refractivity contribution in [2.45, 2.75) is 6.92 Å². The van der Waals surface area contributed by atoms with Crippen LogP contribution in [0.15, 0.2) is 48.5 Å². The first-order valence-corrected chi connectivity index (χ1v) is 8.43. The second-order valence-corrected chi connectivity index (χ2v) is 6.65. The Kier molecular flexibility index (Phi) is 4.67. The highest BCUT2D eigenvalue weighted by Crippen LogP contribution is 2.15. The van der Waals surface area contributed by atoms with Crippen molar-refractivity contribution in [3.8, 4) is 0 Å². The van der Waals surface area contributed by atoms with Crippen LogP contribution in [0.25, 0.3) is 0 Å². The van der Waals surface area contributed by atoms with Crippen molar-refractivity contribution in [2.24, 2.45) is 0 Å². The van der Waals surface area contributed by atoms with Gasteiger partial charge in [-0.1, -0.05) is 12.1 Å². The molecule has 0 radical (unpaired) electrons. The molecule has 0 heterocycles. The third-order valence-electron chi connectivity index (χ3n) is 2.72. The number of carbonyl (C=O) groups is 1. The van der Waals surface area contributed by atoms with E-state index in [0.717, 1.165) is 11.8 Å². The van der Waals surface area contributed by atoms with Crippen LogP contribution in [0.1, 0.15) is 5.56 Å². The number of aryl methyl sites for hydroxylation is 1. The van der Waals surface area contributed by atoms with Gasteiger partial charge in [0.05, 0.1) is 6.26 Å². The number of anilines is 3. The molecule has 0 fully saturated rings. The average Bonchev–Trinajstić information content (AvgIpc) is 2.39. The topological polar surface area (TPSA) is 87.3 Å². The molecule has 0 saturated carbocycles. The lowest BCUT2D eigenvalue weighted by molar-refractivity contribution is 0.262. The maximum absolute atomic E-state index is 11.9. The Hall–Kier alpha value is -2.54. The largest absolute Gasteiger partial charge is 0.323 e. The molecule has 2 rings (SSSR count). The molecule has 0 saturated heterocycles. The Balaban J connectivity index is 1.97. The Morgan fingerprint density at radius 1 is 0.909 bits per heavy atom. The highest BCUT2D eigenvalue weighted by Gasteiger charge is 2.04. The molecule has 0 atom stereocenters. The quantitative estimate of drug-likeness (QED) is 0.809. The molecule has 6 nitrogen and oxygen atoms in total. The third kappa shape index (κ3) is 5.10. The summed E-state index contributed by atoms with van der Waals surface area (Å²) in [5, 5.41) is 5.40. The first kappa shape index (κ1) is 15.8. The van der Waals surface area contributed by atoms with Gasteiger partial charge in [0.2, 0.25) is 10.0 Å². The summed E-state index contributed by atoms with van der Waals surface area (Å²) >= 11 is 0. The summed E-state index contributed by atoms with van der Waals surface area (Å²) in [6.07, 6.45) is 1.08. The fraction of sp³-hybridized carbons (Fsp3) is 0.133. The van der Waals surface area contributed by atoms with Gasteiger partial charge in [-0.05, 0) is 48.9 Å². The average molecular weight is 319 g/mol. The molecule has 0 aliphatic carbocycles. The van der Waals surface area contributed by atoms with Crippen molar-refractivity contribution in [3.63, 3.8) is 0 Å². The lowest BCUT2D eigenvalue weighted by Gasteiger charge is -2.09. The number of nitrogens with one attached hydrogen (secondary N) is 3. The molecule has 0 aromatic heterocycles. The normalized spacial score (nSPS) is 10.8. The van der Waals surface area contributed by atoms with Crippen LogP contribution in [0.4, 0.5) is 21.9 Å². The molecule has 0 bridgehead atoms. The molecule has 7 heteroatoms. The van der Waals surface area contributed by atoms with Crippen LogP contribution in [0.5, 0.6) is 0 Å². The van der Waals surface area contributed by atoms with Crippen molar-refractivity contribution in [1.82, 2.24) is 0 Å². The van der Waals surface area contributed by atoms with Crippen LogP contribution in [-0.4, -0.2) is 20.7 Å². The Bertz CT molecular complexity index is 771. The lowest BCUT2D eigenvalue weighted by Crippen LogP contribution is -2.19. The summed E-state index contributed by atoms with van der Waals surface area (Å²) < 4.78 is 24.6. The fourth-order valence-electron chi connectivity index (χ4n) is 1.85. The van der Waals surface area contributed by atoms with Gasteiger partial charge in [0.15, 0.2) is 0 Å². The van der Waals surface area contributed by atoms with Crippen LogP contribution < -0.4 is 15.4 Å². The second kappa shape index (κ2) is 6.48. The van der Waals surface area contributed by atoms with E-state index in [4.69, 9.17) is 0 Å². The molecular weight excluding hydrogens is 302 g/mol. The molecule has 116 valence electrons. The van der Waals surface area contributed by atoms with Gasteiger partial charge in [-0.25, -0.2) is 13.2 Å². The van der Waals surface area contributed by atoms with E-state index in [0.29, 0.717) is 17.1 Å². The van der Waals surface area contributed by atoms with Gasteiger partial charge in [-0.15, -0.1) is 0 Å². The van der Waals surface area contributed by atoms with Crippen molar-refractivity contribution < 1.29 is 13.2 Å². The number of benzene rings is 2. The molecule has 0 unspecified atom stereocenters. The summed E-state index contributed by atoms with van der Waals surface area (Å²) in [5.41, 5.74) is 2.75. The monoisotopic (exact) mass is 319 g/mol. The zero-order chi connectivity index (χ0) is 16.2. The number of hydrogen-bond donors (Lipinski definition) is 3. The van der Waals surface area contributed by atoms with Crippen molar-refractivity contribution in [2.75, 3.05) is 21.6 Å². The van der Waals surface area contributed by atoms with Gasteiger partial charge in [0.1, 0.15) is 0 Å². The second-order valence-electron chi connectivity index (χ2n) is 4.90. The van der Waals surface area contributed by atoms with Crippen LogP contribution >= 0.6 is 0 Å². The number of amides is 2. The van der Waals surface area contributed by atoms with Gasteiger partial charge >= 0.3 is 6.03 Å². The predicted molar refractivity (Wildman–Crippen MR) is 88.7 cm³/mol. The fourth-order valence-corrected chi connectivity index (χ4v) is 2.42. The van der Waals surface area contributed by atoms with E-state index in [9.17, 15) is 13.2 Å². The molecule has 0 spiro atoms. The number of urea groups is 1. The molecule has 22 heavy (non-hydrogen) atoms. The molecule has 3 N–H and O–H groups in total. The highest BCUT2D eigenvalue weighted by molar-refractivity contribution is 7.92. The van der Waals surface area contributed by atoms with Crippen LogP contribution in [-0.2, 0) is 10.0 Å². The zero-order valence-electron chi connectivity index (χ0n) is 12.3. The summed E-state index contributed by atoms with van der Waals surface area (Å²) in [4.78, 5) is 11.9. The molecule has 2 aromatic carbocycles. The number of carbonyl (C=O) groups excluding carboxylic acids is 1. The molecule has 2 aromatic rings. The van der Waals surface area contributed by atoms with Crippen LogP contribution in [0.3, 0.4) is 0 Å². The third-order valence-corrected chi connectivity index (χ3v) is 3.33. The van der Waals surface area contributed by atoms with Crippen molar-refractivity contribution in [1.29, 1.82) is 0 Å². The van der Waals surface area contributed by atoms with E-state index in [1.807, 2.05) is 25.1 Å². The lowest BCUT2D eigenvalue weighted by atomic mass is 10.2. The van der Waals surface area contributed by atoms with Gasteiger partial charge in [-0.2, -0.15) is 0 Å². The Morgan fingerprint density at radius 3 is 2.09 bits per heavy atom. The van der Waals surface area contributed by atoms with Gasteiger partial charge in [-0.3, -0.25) is 4.72 Å². The smallest absolute Gasteiger partial charge is 0.308 e. The standard InChI is InChI=1S/C15H17N3O3S/c1-11-4-3-5-14(10-11)17-15(19)16-12-6-8-13(9-7-12)18-22(2,20)21/h3-10,18H,1-2H3,(H2,16,17,19). The SMILES string of the molecule is Cc1cccc(NC(=O)Nc2ccc(NS(C)(=O)=O)cc2)c1. The van der Waals surface area contributed by atoms with Crippen LogP contribution in [0.2, 0.25) is 0 Å². The highest BCUT2D eigenvalue weighted by atomic mass is 32.2. The van der Waals surface area contributed by atoms with E-state index in [-0.39, 0.29) is 6.03 Å². The van der Waals surface area contributed by atoms with E-state index < -0.39 is 10.0 Å². The van der Waals surface area contributed by atoms with E-state index in [2.05, 4.69) is 15.4 Å². The van der Waals surface area contributed by atoms with Crippen LogP contribution in [0, 0.1) is 6.92 Å². The maximum Gasteiger partial charge on any atom is 0.323 e. The predicted octanol–water partition coefficient (Wildman–Crippen LogP) is 3.01. The van der Waals surface area contributed by atoms with E-state index in [1.165, 1.54) is 0 Å². The number of sulfonamides is 1. The Morgan fingerprint density at radius 2 is 1.50 bits per heavy atom. The summed E-state index contributed by atoms with van der Waals surface area (Å²) in [5.74, 6) is 0. The Labute approximate surface area is 129 Å². The van der Waals surface area contributed by atoms with Gasteiger partial charge in [0.25, 0.3) is 0 Å². The number of rotatable bonds is 4. The minimum absolute atomic E-state index is 0.366. The first-order chi connectivity index (χ1) is 10.3. The molecule has 2 amide bonds. The number of hydrogen-bond acceptors (Lipinski definition) is 3. The molecule has 0 aliphatic rings. The minimum Gasteiger partial charge on any atom is -0.308 e. The first-order valence-electron chi connectivity index (χ1n) is 6.54. The zero-order valence-corrected chi connectivity index (χ0v) is 13.1. The molecular formula is C15H17N3O3S. The minimum atomic E-state index is -3.31. The molecule has 0 aliphatic heterocycles.